The lowest BCUT2D eigenvalue weighted by molar-refractivity contribution is -0.0291. The third-order valence-corrected chi connectivity index (χ3v) is 4.74. The fourth-order valence-corrected chi connectivity index (χ4v) is 3.31. The number of aliphatic hydroxyl groups excluding tert-OH is 2. The van der Waals surface area contributed by atoms with Crippen LogP contribution in [0.2, 0.25) is 0 Å². The summed E-state index contributed by atoms with van der Waals surface area (Å²) in [6, 6.07) is 5.44. The van der Waals surface area contributed by atoms with E-state index in [1.807, 2.05) is 0 Å². The van der Waals surface area contributed by atoms with Gasteiger partial charge in [-0.3, -0.25) is 4.98 Å². The average molecular weight is 317 g/mol. The van der Waals surface area contributed by atoms with Gasteiger partial charge in [0.1, 0.15) is 6.10 Å². The molecule has 124 valence electrons. The number of hydrogen-bond donors (Lipinski definition) is 3. The van der Waals surface area contributed by atoms with Crippen molar-refractivity contribution < 1.29 is 14.9 Å². The third kappa shape index (κ3) is 3.29. The van der Waals surface area contributed by atoms with Crippen LogP contribution in [0.15, 0.2) is 24.4 Å². The Balaban J connectivity index is 1.89. The van der Waals surface area contributed by atoms with Gasteiger partial charge < -0.3 is 20.7 Å². The monoisotopic (exact) mass is 317 g/mol. The minimum absolute atomic E-state index is 0.0543. The van der Waals surface area contributed by atoms with Gasteiger partial charge in [0.2, 0.25) is 5.88 Å². The van der Waals surface area contributed by atoms with Gasteiger partial charge in [-0.25, -0.2) is 4.98 Å². The molecule has 6 nitrogen and oxygen atoms in total. The Bertz CT molecular complexity index is 671. The zero-order valence-corrected chi connectivity index (χ0v) is 13.2. The Hall–Kier alpha value is -1.76. The first-order chi connectivity index (χ1) is 11.1. The molecule has 0 unspecified atom stereocenters. The largest absolute Gasteiger partial charge is 0.481 e. The van der Waals surface area contributed by atoms with Crippen LogP contribution in [0.4, 0.5) is 0 Å². The van der Waals surface area contributed by atoms with Crippen LogP contribution in [0.25, 0.3) is 11.0 Å². The highest BCUT2D eigenvalue weighted by Crippen LogP contribution is 2.34. The van der Waals surface area contributed by atoms with Crippen LogP contribution >= 0.6 is 0 Å². The molecule has 1 aliphatic carbocycles. The number of nitrogens with two attached hydrogens (primary N) is 1. The molecule has 0 spiro atoms. The molecule has 23 heavy (non-hydrogen) atoms. The minimum atomic E-state index is -1.00. The molecule has 1 aliphatic rings. The van der Waals surface area contributed by atoms with E-state index in [1.54, 1.807) is 31.5 Å². The van der Waals surface area contributed by atoms with E-state index in [2.05, 4.69) is 9.97 Å². The van der Waals surface area contributed by atoms with Crippen LogP contribution in [-0.4, -0.2) is 39.4 Å². The number of pyridine rings is 2. The second kappa shape index (κ2) is 6.78. The zero-order chi connectivity index (χ0) is 16.4. The van der Waals surface area contributed by atoms with Crippen LogP contribution in [-0.2, 0) is 0 Å². The van der Waals surface area contributed by atoms with E-state index in [9.17, 15) is 10.2 Å². The summed E-state index contributed by atoms with van der Waals surface area (Å²) < 4.78 is 5.15. The number of aromatic nitrogens is 2. The maximum absolute atomic E-state index is 10.7. The van der Waals surface area contributed by atoms with E-state index in [0.29, 0.717) is 22.5 Å². The van der Waals surface area contributed by atoms with Crippen molar-refractivity contribution in [3.63, 3.8) is 0 Å². The van der Waals surface area contributed by atoms with Crippen molar-refractivity contribution in [2.24, 2.45) is 11.7 Å². The van der Waals surface area contributed by atoms with Gasteiger partial charge in [0.15, 0.2) is 0 Å². The Labute approximate surface area is 135 Å². The number of fused-ring (bicyclic) bond motifs is 1. The Kier molecular flexibility index (Phi) is 4.75. The lowest BCUT2D eigenvalue weighted by atomic mass is 9.80. The average Bonchev–Trinajstić information content (AvgIpc) is 2.60. The maximum Gasteiger partial charge on any atom is 0.213 e. The van der Waals surface area contributed by atoms with E-state index in [0.717, 1.165) is 25.7 Å². The summed E-state index contributed by atoms with van der Waals surface area (Å²) in [5.74, 6) is 0.510. The first-order valence-electron chi connectivity index (χ1n) is 8.01. The number of hydrogen-bond acceptors (Lipinski definition) is 6. The lowest BCUT2D eigenvalue weighted by Crippen LogP contribution is -2.35. The summed E-state index contributed by atoms with van der Waals surface area (Å²) in [4.78, 5) is 8.63. The van der Waals surface area contributed by atoms with Crippen LogP contribution in [0.5, 0.6) is 5.88 Å². The molecule has 0 amide bonds. The molecule has 2 heterocycles. The van der Waals surface area contributed by atoms with Crippen LogP contribution in [0.1, 0.15) is 37.4 Å². The third-order valence-electron chi connectivity index (χ3n) is 4.74. The molecule has 6 heteroatoms. The van der Waals surface area contributed by atoms with Crippen molar-refractivity contribution in [1.29, 1.82) is 0 Å². The van der Waals surface area contributed by atoms with Crippen LogP contribution in [0, 0.1) is 5.92 Å². The van der Waals surface area contributed by atoms with Crippen molar-refractivity contribution in [1.82, 2.24) is 9.97 Å². The van der Waals surface area contributed by atoms with E-state index >= 15 is 0 Å². The SMILES string of the molecule is COc1ccc2nccc([C@@H](O)[C@H](O)[C@H]3CC[C@H](N)CC3)c2n1. The second-order valence-corrected chi connectivity index (χ2v) is 6.23. The van der Waals surface area contributed by atoms with E-state index in [1.165, 1.54) is 0 Å². The molecule has 0 bridgehead atoms. The van der Waals surface area contributed by atoms with Crippen LogP contribution < -0.4 is 10.5 Å². The fraction of sp³-hybridized carbons (Fsp3) is 0.529. The molecule has 2 aromatic rings. The number of rotatable bonds is 4. The van der Waals surface area contributed by atoms with Crippen molar-refractivity contribution in [2.45, 2.75) is 43.9 Å². The first kappa shape index (κ1) is 16.1. The molecule has 0 saturated heterocycles. The van der Waals surface area contributed by atoms with Crippen molar-refractivity contribution in [3.05, 3.63) is 30.0 Å². The fourth-order valence-electron chi connectivity index (χ4n) is 3.31. The van der Waals surface area contributed by atoms with Gasteiger partial charge in [0.05, 0.1) is 24.2 Å². The molecule has 0 aliphatic heterocycles. The highest BCUT2D eigenvalue weighted by molar-refractivity contribution is 5.78. The van der Waals surface area contributed by atoms with E-state index in [-0.39, 0.29) is 12.0 Å². The summed E-state index contributed by atoms with van der Waals surface area (Å²) >= 11 is 0. The Morgan fingerprint density at radius 2 is 1.91 bits per heavy atom. The van der Waals surface area contributed by atoms with Gasteiger partial charge in [0.25, 0.3) is 0 Å². The predicted octanol–water partition coefficient (Wildman–Crippen LogP) is 1.55. The Morgan fingerprint density at radius 1 is 1.17 bits per heavy atom. The Morgan fingerprint density at radius 3 is 2.61 bits per heavy atom. The molecule has 1 fully saturated rings. The number of nitrogens with zero attached hydrogens (tertiary/aromatic N) is 2. The molecule has 0 aromatic carbocycles. The second-order valence-electron chi connectivity index (χ2n) is 6.23. The maximum atomic E-state index is 10.7. The summed E-state index contributed by atoms with van der Waals surface area (Å²) in [5, 5.41) is 21.3. The molecule has 0 radical (unpaired) electrons. The van der Waals surface area contributed by atoms with Gasteiger partial charge >= 0.3 is 0 Å². The van der Waals surface area contributed by atoms with Gasteiger partial charge in [0, 0.05) is 23.9 Å². The molecule has 2 aromatic heterocycles. The van der Waals surface area contributed by atoms with Gasteiger partial charge in [-0.05, 0) is 43.7 Å². The first-order valence-corrected chi connectivity index (χ1v) is 8.01. The van der Waals surface area contributed by atoms with E-state index < -0.39 is 12.2 Å². The normalized spacial score (nSPS) is 24.3. The zero-order valence-electron chi connectivity index (χ0n) is 13.2. The molecule has 3 rings (SSSR count). The summed E-state index contributed by atoms with van der Waals surface area (Å²) in [6.07, 6.45) is 3.23. The number of ether oxygens (including phenoxy) is 1. The predicted molar refractivity (Wildman–Crippen MR) is 87.0 cm³/mol. The molecule has 1 saturated carbocycles. The van der Waals surface area contributed by atoms with Crippen molar-refractivity contribution in [3.8, 4) is 5.88 Å². The highest BCUT2D eigenvalue weighted by atomic mass is 16.5. The molecular weight excluding hydrogens is 294 g/mol. The van der Waals surface area contributed by atoms with Crippen LogP contribution in [0.3, 0.4) is 0 Å². The number of methoxy groups -OCH3 is 1. The number of aliphatic hydroxyl groups is 2. The summed E-state index contributed by atoms with van der Waals surface area (Å²) in [7, 11) is 1.54. The topological polar surface area (TPSA) is 101 Å². The summed E-state index contributed by atoms with van der Waals surface area (Å²) in [6.45, 7) is 0. The van der Waals surface area contributed by atoms with Crippen molar-refractivity contribution in [2.75, 3.05) is 7.11 Å². The van der Waals surface area contributed by atoms with Gasteiger partial charge in [-0.1, -0.05) is 0 Å². The van der Waals surface area contributed by atoms with Crippen molar-refractivity contribution >= 4 is 11.0 Å². The smallest absolute Gasteiger partial charge is 0.213 e. The van der Waals surface area contributed by atoms with Gasteiger partial charge in [-0.15, -0.1) is 0 Å². The standard InChI is InChI=1S/C17H23N3O3/c1-23-14-7-6-13-15(20-14)12(8-9-19-13)17(22)16(21)10-2-4-11(18)5-3-10/h6-11,16-17,21-22H,2-5,18H2,1H3/t10-,11-,16-,17-/m1/s1. The summed E-state index contributed by atoms with van der Waals surface area (Å²) in [5.41, 5.74) is 7.72. The lowest BCUT2D eigenvalue weighted by Gasteiger charge is -2.32. The minimum Gasteiger partial charge on any atom is -0.481 e. The molecule has 2 atom stereocenters. The molecular formula is C17H23N3O3. The van der Waals surface area contributed by atoms with Gasteiger partial charge in [-0.2, -0.15) is 0 Å². The molecule has 4 N–H and O–H groups in total. The quantitative estimate of drug-likeness (QED) is 0.791. The van der Waals surface area contributed by atoms with E-state index in [4.69, 9.17) is 10.5 Å². The highest BCUT2D eigenvalue weighted by Gasteiger charge is 2.31.